The van der Waals surface area contributed by atoms with Gasteiger partial charge in [-0.05, 0) is 32.3 Å². The van der Waals surface area contributed by atoms with Gasteiger partial charge in [0.05, 0.1) is 11.7 Å². The van der Waals surface area contributed by atoms with Crippen molar-refractivity contribution in [2.45, 2.75) is 57.6 Å². The molecule has 0 radical (unpaired) electrons. The molecule has 0 unspecified atom stereocenters. The van der Waals surface area contributed by atoms with Gasteiger partial charge in [-0.1, -0.05) is 19.3 Å². The van der Waals surface area contributed by atoms with Crippen LogP contribution in [-0.2, 0) is 11.8 Å². The molecule has 0 bridgehead atoms. The normalized spacial score (nSPS) is 25.3. The third-order valence-electron chi connectivity index (χ3n) is 6.02. The quantitative estimate of drug-likeness (QED) is 0.851. The van der Waals surface area contributed by atoms with Gasteiger partial charge in [0, 0.05) is 44.4 Å². The Labute approximate surface area is 143 Å². The molecule has 5 heteroatoms. The van der Waals surface area contributed by atoms with Crippen molar-refractivity contribution in [3.63, 3.8) is 0 Å². The molecule has 1 aromatic rings. The first-order chi connectivity index (χ1) is 11.5. The summed E-state index contributed by atoms with van der Waals surface area (Å²) >= 11 is 0. The Hall–Kier alpha value is -1.62. The van der Waals surface area contributed by atoms with Crippen molar-refractivity contribution in [1.29, 1.82) is 0 Å². The van der Waals surface area contributed by atoms with Gasteiger partial charge in [0.25, 0.3) is 5.91 Å². The van der Waals surface area contributed by atoms with Gasteiger partial charge in [-0.15, -0.1) is 0 Å². The maximum absolute atomic E-state index is 12.9. The van der Waals surface area contributed by atoms with Gasteiger partial charge < -0.3 is 14.2 Å². The molecule has 1 amide bonds. The number of rotatable bonds is 4. The maximum Gasteiger partial charge on any atom is 0.255 e. The standard InChI is InChI=1S/C19H28N2O3/c1-4-24-16-12-15(19(16)10-6-5-7-11-19)21(3)18(23)14-8-9-17(22)20(2)13-14/h8-9,13,15-16H,4-7,10-12H2,1-3H3/t15-,16+/m0/s1. The summed E-state index contributed by atoms with van der Waals surface area (Å²) in [4.78, 5) is 26.3. The van der Waals surface area contributed by atoms with E-state index in [1.54, 1.807) is 19.3 Å². The predicted molar refractivity (Wildman–Crippen MR) is 93.1 cm³/mol. The van der Waals surface area contributed by atoms with E-state index < -0.39 is 0 Å². The summed E-state index contributed by atoms with van der Waals surface area (Å²) in [5, 5.41) is 0. The molecule has 1 heterocycles. The summed E-state index contributed by atoms with van der Waals surface area (Å²) in [6, 6.07) is 3.33. The van der Waals surface area contributed by atoms with Crippen LogP contribution in [0.25, 0.3) is 0 Å². The Morgan fingerprint density at radius 2 is 2.04 bits per heavy atom. The minimum Gasteiger partial charge on any atom is -0.378 e. The van der Waals surface area contributed by atoms with Crippen molar-refractivity contribution >= 4 is 5.91 Å². The lowest BCUT2D eigenvalue weighted by molar-refractivity contribution is -0.170. The zero-order valence-electron chi connectivity index (χ0n) is 15.0. The molecule has 1 spiro atoms. The summed E-state index contributed by atoms with van der Waals surface area (Å²) in [5.74, 6) is -0.00417. The highest BCUT2D eigenvalue weighted by molar-refractivity contribution is 5.94. The maximum atomic E-state index is 12.9. The van der Waals surface area contributed by atoms with E-state index in [1.807, 2.05) is 18.9 Å². The van der Waals surface area contributed by atoms with E-state index in [0.717, 1.165) is 25.9 Å². The smallest absolute Gasteiger partial charge is 0.255 e. The van der Waals surface area contributed by atoms with Gasteiger partial charge in [0.15, 0.2) is 0 Å². The van der Waals surface area contributed by atoms with E-state index >= 15 is 0 Å². The molecule has 2 fully saturated rings. The zero-order chi connectivity index (χ0) is 17.3. The number of aryl methyl sites for hydroxylation is 1. The van der Waals surface area contributed by atoms with Gasteiger partial charge in [0.1, 0.15) is 0 Å². The van der Waals surface area contributed by atoms with E-state index in [4.69, 9.17) is 4.74 Å². The Kier molecular flexibility index (Phi) is 4.81. The lowest BCUT2D eigenvalue weighted by Crippen LogP contribution is -2.65. The van der Waals surface area contributed by atoms with E-state index in [1.165, 1.54) is 29.9 Å². The second kappa shape index (κ2) is 6.71. The van der Waals surface area contributed by atoms with Gasteiger partial charge in [-0.2, -0.15) is 0 Å². The van der Waals surface area contributed by atoms with Crippen LogP contribution in [0.3, 0.4) is 0 Å². The van der Waals surface area contributed by atoms with Crippen molar-refractivity contribution in [3.8, 4) is 0 Å². The van der Waals surface area contributed by atoms with Gasteiger partial charge in [-0.3, -0.25) is 9.59 Å². The Morgan fingerprint density at radius 1 is 1.33 bits per heavy atom. The third kappa shape index (κ3) is 2.79. The lowest BCUT2D eigenvalue weighted by atomic mass is 9.54. The number of pyridine rings is 1. The molecule has 2 aliphatic carbocycles. The van der Waals surface area contributed by atoms with Crippen molar-refractivity contribution in [1.82, 2.24) is 9.47 Å². The van der Waals surface area contributed by atoms with Crippen LogP contribution >= 0.6 is 0 Å². The molecular weight excluding hydrogens is 304 g/mol. The van der Waals surface area contributed by atoms with Crippen molar-refractivity contribution in [2.24, 2.45) is 12.5 Å². The number of carbonyl (C=O) groups excluding carboxylic acids is 1. The number of ether oxygens (including phenoxy) is 1. The average molecular weight is 332 g/mol. The van der Waals surface area contributed by atoms with E-state index in [9.17, 15) is 9.59 Å². The highest BCUT2D eigenvalue weighted by atomic mass is 16.5. The minimum absolute atomic E-state index is 0.00417. The molecule has 2 atom stereocenters. The van der Waals surface area contributed by atoms with Crippen LogP contribution in [0.5, 0.6) is 0 Å². The molecule has 1 aromatic heterocycles. The van der Waals surface area contributed by atoms with E-state index in [0.29, 0.717) is 5.56 Å². The summed E-state index contributed by atoms with van der Waals surface area (Å²) < 4.78 is 7.45. The van der Waals surface area contributed by atoms with Crippen molar-refractivity contribution in [2.75, 3.05) is 13.7 Å². The van der Waals surface area contributed by atoms with Crippen LogP contribution in [0.2, 0.25) is 0 Å². The van der Waals surface area contributed by atoms with Gasteiger partial charge in [-0.25, -0.2) is 0 Å². The predicted octanol–water partition coefficient (Wildman–Crippen LogP) is 2.59. The monoisotopic (exact) mass is 332 g/mol. The second-order valence-corrected chi connectivity index (χ2v) is 7.27. The first kappa shape index (κ1) is 17.2. The van der Waals surface area contributed by atoms with E-state index in [-0.39, 0.29) is 29.0 Å². The second-order valence-electron chi connectivity index (χ2n) is 7.27. The minimum atomic E-state index is -0.0991. The number of hydrogen-bond acceptors (Lipinski definition) is 3. The molecule has 0 aliphatic heterocycles. The first-order valence-electron chi connectivity index (χ1n) is 9.05. The lowest BCUT2D eigenvalue weighted by Gasteiger charge is -2.60. The Morgan fingerprint density at radius 3 is 2.67 bits per heavy atom. The van der Waals surface area contributed by atoms with Crippen LogP contribution in [0.4, 0.5) is 0 Å². The number of aromatic nitrogens is 1. The van der Waals surface area contributed by atoms with Crippen LogP contribution in [0, 0.1) is 5.41 Å². The summed E-state index contributed by atoms with van der Waals surface area (Å²) in [5.41, 5.74) is 0.600. The topological polar surface area (TPSA) is 51.5 Å². The number of carbonyl (C=O) groups is 1. The fraction of sp³-hybridized carbons (Fsp3) is 0.684. The number of nitrogens with zero attached hydrogens (tertiary/aromatic N) is 2. The third-order valence-corrected chi connectivity index (χ3v) is 6.02. The van der Waals surface area contributed by atoms with Crippen LogP contribution < -0.4 is 5.56 Å². The van der Waals surface area contributed by atoms with Gasteiger partial charge in [0.2, 0.25) is 5.56 Å². The molecule has 2 aliphatic rings. The Bertz CT molecular complexity index is 661. The number of hydrogen-bond donors (Lipinski definition) is 0. The summed E-state index contributed by atoms with van der Waals surface area (Å²) in [6.45, 7) is 2.78. The molecule has 24 heavy (non-hydrogen) atoms. The van der Waals surface area contributed by atoms with Crippen LogP contribution in [0.1, 0.15) is 55.8 Å². The molecular formula is C19H28N2O3. The first-order valence-corrected chi connectivity index (χ1v) is 9.05. The highest BCUT2D eigenvalue weighted by Gasteiger charge is 2.57. The molecule has 132 valence electrons. The fourth-order valence-corrected chi connectivity index (χ4v) is 4.64. The molecule has 0 N–H and O–H groups in total. The summed E-state index contributed by atoms with van der Waals surface area (Å²) in [7, 11) is 3.58. The van der Waals surface area contributed by atoms with Crippen molar-refractivity contribution < 1.29 is 9.53 Å². The summed E-state index contributed by atoms with van der Waals surface area (Å²) in [6.07, 6.45) is 8.86. The average Bonchev–Trinajstić information content (AvgIpc) is 2.60. The van der Waals surface area contributed by atoms with Crippen LogP contribution in [0.15, 0.2) is 23.1 Å². The molecule has 0 saturated heterocycles. The van der Waals surface area contributed by atoms with E-state index in [2.05, 4.69) is 0 Å². The van der Waals surface area contributed by atoms with Crippen molar-refractivity contribution in [3.05, 3.63) is 34.2 Å². The molecule has 3 rings (SSSR count). The molecule has 5 nitrogen and oxygen atoms in total. The molecule has 2 saturated carbocycles. The largest absolute Gasteiger partial charge is 0.378 e. The fourth-order valence-electron chi connectivity index (χ4n) is 4.64. The van der Waals surface area contributed by atoms with Crippen LogP contribution in [-0.4, -0.2) is 41.2 Å². The van der Waals surface area contributed by atoms with Gasteiger partial charge >= 0.3 is 0 Å². The zero-order valence-corrected chi connectivity index (χ0v) is 15.0. The molecule has 0 aromatic carbocycles. The number of amides is 1. The SMILES string of the molecule is CCO[C@@H]1C[C@H](N(C)C(=O)c2ccc(=O)n(C)c2)C12CCCCC2. The highest BCUT2D eigenvalue weighted by Crippen LogP contribution is 2.55. The Balaban J connectivity index is 1.80.